The molecule has 6 heteroatoms. The number of nitrogens with zero attached hydrogens (tertiary/aromatic N) is 3. The summed E-state index contributed by atoms with van der Waals surface area (Å²) in [6.07, 6.45) is 3.13. The Morgan fingerprint density at radius 2 is 2.12 bits per heavy atom. The van der Waals surface area contributed by atoms with Crippen LogP contribution in [0.4, 0.5) is 0 Å². The fraction of sp³-hybridized carbons (Fsp3) is 0.278. The van der Waals surface area contributed by atoms with Gasteiger partial charge in [0.2, 0.25) is 17.6 Å². The van der Waals surface area contributed by atoms with Crippen LogP contribution in [0.2, 0.25) is 0 Å². The molecule has 0 bridgehead atoms. The summed E-state index contributed by atoms with van der Waals surface area (Å²) in [5.41, 5.74) is 3.32. The van der Waals surface area contributed by atoms with E-state index in [1.54, 1.807) is 19.4 Å². The topological polar surface area (TPSA) is 70.3 Å². The Hall–Kier alpha value is -2.73. The van der Waals surface area contributed by atoms with E-state index in [1.165, 1.54) is 11.1 Å². The average molecular weight is 323 g/mol. The monoisotopic (exact) mass is 323 g/mol. The molecule has 3 aromatic rings. The minimum absolute atomic E-state index is 0.0442. The lowest BCUT2D eigenvalue weighted by molar-refractivity contribution is 0.0375. The van der Waals surface area contributed by atoms with Crippen molar-refractivity contribution in [1.82, 2.24) is 15.1 Å². The molecule has 1 atom stereocenters. The van der Waals surface area contributed by atoms with Gasteiger partial charge in [-0.2, -0.15) is 4.98 Å². The third-order valence-corrected chi connectivity index (χ3v) is 4.12. The van der Waals surface area contributed by atoms with Crippen molar-refractivity contribution in [2.24, 2.45) is 0 Å². The number of rotatable bonds is 4. The van der Waals surface area contributed by atoms with Crippen LogP contribution in [0.3, 0.4) is 0 Å². The van der Waals surface area contributed by atoms with Crippen molar-refractivity contribution in [3.63, 3.8) is 0 Å². The molecule has 1 aliphatic heterocycles. The molecule has 0 unspecified atom stereocenters. The molecule has 0 N–H and O–H groups in total. The second kappa shape index (κ2) is 6.41. The number of hydrogen-bond donors (Lipinski definition) is 0. The Morgan fingerprint density at radius 3 is 2.96 bits per heavy atom. The lowest BCUT2D eigenvalue weighted by atomic mass is 9.96. The van der Waals surface area contributed by atoms with Gasteiger partial charge in [-0.05, 0) is 23.6 Å². The van der Waals surface area contributed by atoms with Crippen LogP contribution in [0.15, 0.2) is 47.1 Å². The number of hydrogen-bond acceptors (Lipinski definition) is 6. The Morgan fingerprint density at radius 1 is 1.21 bits per heavy atom. The van der Waals surface area contributed by atoms with E-state index in [2.05, 4.69) is 33.3 Å². The van der Waals surface area contributed by atoms with Crippen LogP contribution >= 0.6 is 0 Å². The maximum Gasteiger partial charge on any atom is 0.229 e. The number of benzene rings is 1. The third-order valence-electron chi connectivity index (χ3n) is 4.12. The zero-order chi connectivity index (χ0) is 16.4. The van der Waals surface area contributed by atoms with E-state index in [1.807, 2.05) is 12.1 Å². The molecule has 0 radical (unpaired) electrons. The zero-order valence-corrected chi connectivity index (χ0v) is 13.3. The predicted octanol–water partition coefficient (Wildman–Crippen LogP) is 3.00. The number of ether oxygens (including phenoxy) is 2. The van der Waals surface area contributed by atoms with Gasteiger partial charge in [0, 0.05) is 17.8 Å². The number of pyridine rings is 1. The molecule has 3 heterocycles. The number of methoxy groups -OCH3 is 1. The lowest BCUT2D eigenvalue weighted by Gasteiger charge is -2.24. The van der Waals surface area contributed by atoms with Crippen LogP contribution in [0, 0.1) is 0 Å². The molecular formula is C18H17N3O3. The SMILES string of the molecule is COc1ccc(-c2noc(C[C@H]3OCCc4ccccc43)n2)cn1. The van der Waals surface area contributed by atoms with Gasteiger partial charge in [-0.3, -0.25) is 0 Å². The summed E-state index contributed by atoms with van der Waals surface area (Å²) in [4.78, 5) is 8.62. The van der Waals surface area contributed by atoms with Crippen molar-refractivity contribution in [2.75, 3.05) is 13.7 Å². The van der Waals surface area contributed by atoms with Crippen LogP contribution < -0.4 is 4.74 Å². The first-order valence-electron chi connectivity index (χ1n) is 7.86. The fourth-order valence-electron chi connectivity index (χ4n) is 2.89. The molecule has 4 rings (SSSR count). The smallest absolute Gasteiger partial charge is 0.229 e. The second-order valence-corrected chi connectivity index (χ2v) is 5.61. The summed E-state index contributed by atoms with van der Waals surface area (Å²) in [5, 5.41) is 4.04. The molecular weight excluding hydrogens is 306 g/mol. The quantitative estimate of drug-likeness (QED) is 0.735. The van der Waals surface area contributed by atoms with Crippen LogP contribution in [0.5, 0.6) is 5.88 Å². The highest BCUT2D eigenvalue weighted by molar-refractivity contribution is 5.53. The molecule has 0 saturated carbocycles. The Balaban J connectivity index is 1.53. The number of fused-ring (bicyclic) bond motifs is 1. The Labute approximate surface area is 139 Å². The fourth-order valence-corrected chi connectivity index (χ4v) is 2.89. The average Bonchev–Trinajstić information content (AvgIpc) is 3.11. The first-order chi connectivity index (χ1) is 11.8. The van der Waals surface area contributed by atoms with Gasteiger partial charge in [-0.15, -0.1) is 0 Å². The van der Waals surface area contributed by atoms with E-state index in [9.17, 15) is 0 Å². The first kappa shape index (κ1) is 14.8. The van der Waals surface area contributed by atoms with Gasteiger partial charge in [0.1, 0.15) is 0 Å². The molecule has 122 valence electrons. The summed E-state index contributed by atoms with van der Waals surface area (Å²) in [7, 11) is 1.58. The summed E-state index contributed by atoms with van der Waals surface area (Å²) >= 11 is 0. The van der Waals surface area contributed by atoms with Gasteiger partial charge in [0.15, 0.2) is 0 Å². The predicted molar refractivity (Wildman–Crippen MR) is 86.6 cm³/mol. The van der Waals surface area contributed by atoms with Crippen molar-refractivity contribution in [2.45, 2.75) is 18.9 Å². The summed E-state index contributed by atoms with van der Waals surface area (Å²) in [6.45, 7) is 0.713. The summed E-state index contributed by atoms with van der Waals surface area (Å²) in [6, 6.07) is 12.0. The van der Waals surface area contributed by atoms with Crippen molar-refractivity contribution >= 4 is 0 Å². The van der Waals surface area contributed by atoms with Crippen molar-refractivity contribution in [3.8, 4) is 17.3 Å². The summed E-state index contributed by atoms with van der Waals surface area (Å²) < 4.78 is 16.3. The van der Waals surface area contributed by atoms with E-state index in [-0.39, 0.29) is 6.10 Å². The van der Waals surface area contributed by atoms with Crippen molar-refractivity contribution in [3.05, 3.63) is 59.6 Å². The highest BCUT2D eigenvalue weighted by Gasteiger charge is 2.23. The molecule has 0 spiro atoms. The maximum absolute atomic E-state index is 5.90. The Bertz CT molecular complexity index is 830. The standard InChI is InChI=1S/C18H17N3O3/c1-22-16-7-6-13(11-19-16)18-20-17(24-21-18)10-15-14-5-3-2-4-12(14)8-9-23-15/h2-7,11,15H,8-10H2,1H3/t15-/m1/s1. The van der Waals surface area contributed by atoms with Gasteiger partial charge in [-0.1, -0.05) is 29.4 Å². The highest BCUT2D eigenvalue weighted by Crippen LogP contribution is 2.30. The maximum atomic E-state index is 5.90. The minimum atomic E-state index is -0.0442. The molecule has 1 aliphatic rings. The minimum Gasteiger partial charge on any atom is -0.481 e. The van der Waals surface area contributed by atoms with E-state index < -0.39 is 0 Å². The molecule has 2 aromatic heterocycles. The lowest BCUT2D eigenvalue weighted by Crippen LogP contribution is -2.18. The van der Waals surface area contributed by atoms with Crippen LogP contribution in [0.1, 0.15) is 23.1 Å². The molecule has 6 nitrogen and oxygen atoms in total. The van der Waals surface area contributed by atoms with Crippen molar-refractivity contribution < 1.29 is 14.0 Å². The number of aromatic nitrogens is 3. The normalized spacial score (nSPS) is 16.6. The van der Waals surface area contributed by atoms with Gasteiger partial charge in [-0.25, -0.2) is 4.98 Å². The molecule has 0 aliphatic carbocycles. The van der Waals surface area contributed by atoms with E-state index in [0.717, 1.165) is 12.0 Å². The van der Waals surface area contributed by atoms with Crippen LogP contribution in [-0.2, 0) is 17.6 Å². The largest absolute Gasteiger partial charge is 0.481 e. The van der Waals surface area contributed by atoms with Crippen molar-refractivity contribution in [1.29, 1.82) is 0 Å². The van der Waals surface area contributed by atoms with E-state index in [0.29, 0.717) is 30.6 Å². The first-order valence-corrected chi connectivity index (χ1v) is 7.86. The second-order valence-electron chi connectivity index (χ2n) is 5.61. The molecule has 0 amide bonds. The molecule has 0 saturated heterocycles. The van der Waals surface area contributed by atoms with Gasteiger partial charge in [0.05, 0.1) is 26.2 Å². The Kier molecular flexibility index (Phi) is 3.96. The highest BCUT2D eigenvalue weighted by atomic mass is 16.5. The zero-order valence-electron chi connectivity index (χ0n) is 13.3. The van der Waals surface area contributed by atoms with Crippen LogP contribution in [0.25, 0.3) is 11.4 Å². The molecule has 0 fully saturated rings. The summed E-state index contributed by atoms with van der Waals surface area (Å²) in [5.74, 6) is 1.63. The van der Waals surface area contributed by atoms with Gasteiger partial charge < -0.3 is 14.0 Å². The van der Waals surface area contributed by atoms with E-state index >= 15 is 0 Å². The van der Waals surface area contributed by atoms with Crippen LogP contribution in [-0.4, -0.2) is 28.8 Å². The van der Waals surface area contributed by atoms with Gasteiger partial charge >= 0.3 is 0 Å². The molecule has 1 aromatic carbocycles. The third kappa shape index (κ3) is 2.88. The van der Waals surface area contributed by atoms with E-state index in [4.69, 9.17) is 14.0 Å². The van der Waals surface area contributed by atoms with Gasteiger partial charge in [0.25, 0.3) is 0 Å². The molecule has 24 heavy (non-hydrogen) atoms.